The summed E-state index contributed by atoms with van der Waals surface area (Å²) >= 11 is 6.24. The van der Waals surface area contributed by atoms with Crippen molar-refractivity contribution in [3.8, 4) is 0 Å². The van der Waals surface area contributed by atoms with Gasteiger partial charge in [-0.3, -0.25) is 5.10 Å². The second-order valence-corrected chi connectivity index (χ2v) is 6.33. The summed E-state index contributed by atoms with van der Waals surface area (Å²) in [5, 5.41) is 8.45. The molecular formula is C13H16BClN2O2. The fraction of sp³-hybridized carbons (Fsp3) is 0.462. The predicted octanol–water partition coefficient (Wildman–Crippen LogP) is 2.52. The first-order valence-electron chi connectivity index (χ1n) is 6.28. The summed E-state index contributed by atoms with van der Waals surface area (Å²) in [6.45, 7) is 8.13. The zero-order valence-electron chi connectivity index (χ0n) is 11.5. The number of H-pyrrole nitrogens is 1. The van der Waals surface area contributed by atoms with Gasteiger partial charge in [0.15, 0.2) is 0 Å². The van der Waals surface area contributed by atoms with Crippen molar-refractivity contribution in [2.75, 3.05) is 0 Å². The van der Waals surface area contributed by atoms with Crippen molar-refractivity contribution in [2.24, 2.45) is 0 Å². The van der Waals surface area contributed by atoms with Gasteiger partial charge < -0.3 is 9.31 Å². The maximum Gasteiger partial charge on any atom is 0.494 e. The van der Waals surface area contributed by atoms with Crippen LogP contribution in [0.2, 0.25) is 5.02 Å². The van der Waals surface area contributed by atoms with Crippen LogP contribution >= 0.6 is 11.6 Å². The lowest BCUT2D eigenvalue weighted by atomic mass is 9.78. The average molecular weight is 279 g/mol. The van der Waals surface area contributed by atoms with Crippen molar-refractivity contribution in [2.45, 2.75) is 38.9 Å². The highest BCUT2D eigenvalue weighted by molar-refractivity contribution is 6.63. The Labute approximate surface area is 117 Å². The molecule has 2 heterocycles. The van der Waals surface area contributed by atoms with Gasteiger partial charge in [-0.05, 0) is 39.2 Å². The number of benzene rings is 1. The van der Waals surface area contributed by atoms with Crippen LogP contribution in [-0.4, -0.2) is 28.5 Å². The van der Waals surface area contributed by atoms with Crippen LogP contribution in [0.15, 0.2) is 18.3 Å². The van der Waals surface area contributed by atoms with Gasteiger partial charge in [0.2, 0.25) is 0 Å². The molecule has 1 aromatic heterocycles. The molecule has 0 atom stereocenters. The molecule has 100 valence electrons. The Kier molecular flexibility index (Phi) is 2.72. The van der Waals surface area contributed by atoms with E-state index in [0.29, 0.717) is 5.02 Å². The summed E-state index contributed by atoms with van der Waals surface area (Å²) in [7, 11) is -0.401. The topological polar surface area (TPSA) is 47.1 Å². The van der Waals surface area contributed by atoms with Crippen LogP contribution in [0.3, 0.4) is 0 Å². The number of nitrogens with one attached hydrogen (secondary N) is 1. The second kappa shape index (κ2) is 3.98. The monoisotopic (exact) mass is 278 g/mol. The number of hydrogen-bond donors (Lipinski definition) is 1. The van der Waals surface area contributed by atoms with Crippen LogP contribution in [0.25, 0.3) is 10.9 Å². The zero-order valence-corrected chi connectivity index (χ0v) is 12.2. The number of nitrogens with zero attached hydrogens (tertiary/aromatic N) is 1. The highest BCUT2D eigenvalue weighted by Gasteiger charge is 2.51. The van der Waals surface area contributed by atoms with E-state index in [-0.39, 0.29) is 11.2 Å². The summed E-state index contributed by atoms with van der Waals surface area (Å²) in [6.07, 6.45) is 1.75. The first kappa shape index (κ1) is 13.0. The largest absolute Gasteiger partial charge is 0.494 e. The molecule has 0 saturated carbocycles. The molecule has 0 spiro atoms. The van der Waals surface area contributed by atoms with Crippen molar-refractivity contribution in [3.63, 3.8) is 0 Å². The lowest BCUT2D eigenvalue weighted by Crippen LogP contribution is -2.41. The normalized spacial score (nSPS) is 21.2. The molecule has 1 fully saturated rings. The second-order valence-electron chi connectivity index (χ2n) is 5.93. The third-order valence-electron chi connectivity index (χ3n) is 4.05. The number of fused-ring (bicyclic) bond motifs is 1. The molecule has 0 amide bonds. The van der Waals surface area contributed by atoms with Gasteiger partial charge in [-0.2, -0.15) is 5.10 Å². The molecule has 6 heteroatoms. The molecule has 1 aliphatic heterocycles. The number of halogens is 1. The van der Waals surface area contributed by atoms with Gasteiger partial charge in [0, 0.05) is 5.39 Å². The quantitative estimate of drug-likeness (QED) is 0.815. The molecule has 1 N–H and O–H groups in total. The first-order chi connectivity index (χ1) is 8.80. The van der Waals surface area contributed by atoms with E-state index >= 15 is 0 Å². The highest BCUT2D eigenvalue weighted by Crippen LogP contribution is 2.36. The van der Waals surface area contributed by atoms with Gasteiger partial charge in [0.25, 0.3) is 0 Å². The number of aromatic nitrogens is 2. The van der Waals surface area contributed by atoms with Gasteiger partial charge in [-0.1, -0.05) is 17.7 Å². The van der Waals surface area contributed by atoms with E-state index < -0.39 is 7.12 Å². The Balaban J connectivity index is 2.02. The average Bonchev–Trinajstić information content (AvgIpc) is 2.82. The standard InChI is InChI=1S/C13H16BClN2O2/c1-12(2)13(3,4)19-14(18-12)9-5-8-7-16-17-11(8)10(15)6-9/h5-7H,1-4H3,(H,16,17). The Morgan fingerprint density at radius 1 is 1.16 bits per heavy atom. The summed E-state index contributed by atoms with van der Waals surface area (Å²) in [6, 6.07) is 3.86. The summed E-state index contributed by atoms with van der Waals surface area (Å²) in [5.74, 6) is 0. The summed E-state index contributed by atoms with van der Waals surface area (Å²) in [5.41, 5.74) is 1.05. The van der Waals surface area contributed by atoms with Gasteiger partial charge in [0.1, 0.15) is 0 Å². The lowest BCUT2D eigenvalue weighted by molar-refractivity contribution is 0.00578. The van der Waals surface area contributed by atoms with Crippen molar-refractivity contribution in [1.29, 1.82) is 0 Å². The lowest BCUT2D eigenvalue weighted by Gasteiger charge is -2.32. The number of rotatable bonds is 1. The molecule has 0 aliphatic carbocycles. The Bertz CT molecular complexity index is 623. The van der Waals surface area contributed by atoms with Gasteiger partial charge in [-0.25, -0.2) is 0 Å². The van der Waals surface area contributed by atoms with E-state index in [0.717, 1.165) is 16.4 Å². The van der Waals surface area contributed by atoms with Crippen molar-refractivity contribution >= 4 is 35.1 Å². The minimum Gasteiger partial charge on any atom is -0.399 e. The maximum absolute atomic E-state index is 6.24. The highest BCUT2D eigenvalue weighted by atomic mass is 35.5. The SMILES string of the molecule is CC1(C)OB(c2cc(Cl)c3[nH]ncc3c2)OC1(C)C. The van der Waals surface area contributed by atoms with E-state index in [9.17, 15) is 0 Å². The van der Waals surface area contributed by atoms with Crippen LogP contribution in [0.4, 0.5) is 0 Å². The first-order valence-corrected chi connectivity index (χ1v) is 6.66. The van der Waals surface area contributed by atoms with Crippen molar-refractivity contribution < 1.29 is 9.31 Å². The molecule has 4 nitrogen and oxygen atoms in total. The third-order valence-corrected chi connectivity index (χ3v) is 4.35. The Morgan fingerprint density at radius 3 is 2.42 bits per heavy atom. The smallest absolute Gasteiger partial charge is 0.399 e. The number of aromatic amines is 1. The Morgan fingerprint density at radius 2 is 1.79 bits per heavy atom. The minimum absolute atomic E-state index is 0.352. The van der Waals surface area contributed by atoms with Crippen LogP contribution in [0.5, 0.6) is 0 Å². The van der Waals surface area contributed by atoms with Crippen LogP contribution in [-0.2, 0) is 9.31 Å². The predicted molar refractivity (Wildman–Crippen MR) is 76.8 cm³/mol. The van der Waals surface area contributed by atoms with Gasteiger partial charge in [0.05, 0.1) is 27.9 Å². The van der Waals surface area contributed by atoms with Crippen molar-refractivity contribution in [3.05, 3.63) is 23.4 Å². The molecule has 1 saturated heterocycles. The van der Waals surface area contributed by atoms with Gasteiger partial charge in [-0.15, -0.1) is 0 Å². The van der Waals surface area contributed by atoms with Crippen LogP contribution in [0.1, 0.15) is 27.7 Å². The molecule has 19 heavy (non-hydrogen) atoms. The molecule has 1 aliphatic rings. The van der Waals surface area contributed by atoms with E-state index in [1.54, 1.807) is 6.20 Å². The summed E-state index contributed by atoms with van der Waals surface area (Å²) < 4.78 is 12.0. The summed E-state index contributed by atoms with van der Waals surface area (Å²) in [4.78, 5) is 0. The molecule has 1 aromatic carbocycles. The van der Waals surface area contributed by atoms with Crippen LogP contribution in [0, 0.1) is 0 Å². The third kappa shape index (κ3) is 1.97. The molecule has 0 bridgehead atoms. The number of hydrogen-bond acceptors (Lipinski definition) is 3. The van der Waals surface area contributed by atoms with E-state index in [1.165, 1.54) is 0 Å². The molecular weight excluding hydrogens is 262 g/mol. The molecule has 0 unspecified atom stereocenters. The minimum atomic E-state index is -0.401. The van der Waals surface area contributed by atoms with E-state index in [2.05, 4.69) is 10.2 Å². The van der Waals surface area contributed by atoms with Crippen molar-refractivity contribution in [1.82, 2.24) is 10.2 Å². The van der Waals surface area contributed by atoms with Gasteiger partial charge >= 0.3 is 7.12 Å². The maximum atomic E-state index is 6.24. The molecule has 3 rings (SSSR count). The van der Waals surface area contributed by atoms with Crippen LogP contribution < -0.4 is 5.46 Å². The molecule has 0 radical (unpaired) electrons. The van der Waals surface area contributed by atoms with E-state index in [4.69, 9.17) is 20.9 Å². The fourth-order valence-corrected chi connectivity index (χ4v) is 2.43. The Hall–Kier alpha value is -1.04. The zero-order chi connectivity index (χ0) is 13.8. The fourth-order valence-electron chi connectivity index (χ4n) is 2.15. The van der Waals surface area contributed by atoms with E-state index in [1.807, 2.05) is 39.8 Å². The molecule has 2 aromatic rings.